The van der Waals surface area contributed by atoms with Gasteiger partial charge in [-0.2, -0.15) is 0 Å². The van der Waals surface area contributed by atoms with E-state index in [1.807, 2.05) is 0 Å². The van der Waals surface area contributed by atoms with E-state index in [0.29, 0.717) is 12.8 Å². The zero-order valence-electron chi connectivity index (χ0n) is 27.0. The van der Waals surface area contributed by atoms with Gasteiger partial charge in [-0.1, -0.05) is 6.07 Å². The molecule has 1 aliphatic carbocycles. The van der Waals surface area contributed by atoms with Gasteiger partial charge in [0.05, 0.1) is 41.5 Å². The molecule has 49 heavy (non-hydrogen) atoms. The number of esters is 1. The van der Waals surface area contributed by atoms with Crippen LogP contribution in [0.2, 0.25) is 0 Å². The molecule has 0 unspecified atom stereocenters. The van der Waals surface area contributed by atoms with Gasteiger partial charge in [-0.05, 0) is 85.8 Å². The van der Waals surface area contributed by atoms with Gasteiger partial charge in [0.15, 0.2) is 21.4 Å². The standard InChI is InChI=1S/C34H36F2N4O8S/c1-4-48-34(44)23-13-14-40(31(23)24-17-21(38-18(2)41)7-12-29(24)49(45,46)22-8-9-22)33(43)30(19-5-11-26(36)28(16-19)47-3)39-27-15-20(32(37)42)6-10-25(27)35/h5-7,10-12,15-17,22-23,30-31,39H,4,8-9,13-14H2,1-3H3,(H2,37,42)(H,38,41)/t23-,30-,31+/m0/s1. The Bertz CT molecular complexity index is 1920. The largest absolute Gasteiger partial charge is 0.494 e. The quantitative estimate of drug-likeness (QED) is 0.234. The zero-order valence-corrected chi connectivity index (χ0v) is 27.8. The van der Waals surface area contributed by atoms with Crippen LogP contribution in [0, 0.1) is 17.6 Å². The molecule has 5 rings (SSSR count). The number of nitrogens with zero attached hydrogens (tertiary/aromatic N) is 1. The summed E-state index contributed by atoms with van der Waals surface area (Å²) >= 11 is 0. The molecule has 4 N–H and O–H groups in total. The number of hydrogen-bond donors (Lipinski definition) is 3. The van der Waals surface area contributed by atoms with E-state index < -0.39 is 68.4 Å². The highest BCUT2D eigenvalue weighted by Crippen LogP contribution is 2.46. The molecule has 3 amide bonds. The maximum absolute atomic E-state index is 15.2. The SMILES string of the molecule is CCOC(=O)[C@H]1CCN(C(=O)[C@@H](Nc2cc(C(N)=O)ccc2F)c2ccc(F)c(OC)c2)[C@H]1c1cc(NC(C)=O)ccc1S(=O)(=O)C1CC1. The smallest absolute Gasteiger partial charge is 0.311 e. The zero-order chi connectivity index (χ0) is 35.6. The normalized spacial score (nSPS) is 18.0. The third-order valence-electron chi connectivity index (χ3n) is 8.50. The lowest BCUT2D eigenvalue weighted by Gasteiger charge is -2.33. The third kappa shape index (κ3) is 7.36. The molecular weight excluding hydrogens is 662 g/mol. The Morgan fingerprint density at radius 1 is 1.00 bits per heavy atom. The van der Waals surface area contributed by atoms with Crippen molar-refractivity contribution in [3.63, 3.8) is 0 Å². The number of likely N-dealkylation sites (tertiary alicyclic amines) is 1. The summed E-state index contributed by atoms with van der Waals surface area (Å²) in [6.07, 6.45) is 0.962. The number of sulfone groups is 1. The van der Waals surface area contributed by atoms with Crippen molar-refractivity contribution in [2.45, 2.75) is 55.3 Å². The van der Waals surface area contributed by atoms with Crippen LogP contribution >= 0.6 is 0 Å². The van der Waals surface area contributed by atoms with E-state index in [9.17, 15) is 32.0 Å². The number of anilines is 2. The number of methoxy groups -OCH3 is 1. The van der Waals surface area contributed by atoms with E-state index in [1.165, 1.54) is 55.3 Å². The lowest BCUT2D eigenvalue weighted by Crippen LogP contribution is -2.40. The second-order valence-corrected chi connectivity index (χ2v) is 14.0. The number of rotatable bonds is 12. The molecular formula is C34H36F2N4O8S. The van der Waals surface area contributed by atoms with Crippen LogP contribution in [0.25, 0.3) is 0 Å². The van der Waals surface area contributed by atoms with E-state index in [-0.39, 0.29) is 58.3 Å². The van der Waals surface area contributed by atoms with Crippen molar-refractivity contribution >= 4 is 44.9 Å². The van der Waals surface area contributed by atoms with Crippen LogP contribution in [0.5, 0.6) is 5.75 Å². The molecule has 3 aromatic carbocycles. The molecule has 1 saturated heterocycles. The number of halogens is 2. The first-order valence-corrected chi connectivity index (χ1v) is 17.1. The van der Waals surface area contributed by atoms with Gasteiger partial charge in [-0.25, -0.2) is 17.2 Å². The fraction of sp³-hybridized carbons (Fsp3) is 0.353. The number of ether oxygens (including phenoxy) is 2. The molecule has 15 heteroatoms. The van der Waals surface area contributed by atoms with Crippen molar-refractivity contribution in [2.24, 2.45) is 11.7 Å². The number of nitrogens with one attached hydrogen (secondary N) is 2. The number of amides is 3. The molecule has 0 bridgehead atoms. The van der Waals surface area contributed by atoms with Crippen molar-refractivity contribution in [1.82, 2.24) is 4.90 Å². The molecule has 1 heterocycles. The molecule has 0 radical (unpaired) electrons. The first-order valence-electron chi connectivity index (χ1n) is 15.6. The maximum atomic E-state index is 15.2. The topological polar surface area (TPSA) is 174 Å². The number of nitrogens with two attached hydrogens (primary N) is 1. The Morgan fingerprint density at radius 2 is 1.71 bits per heavy atom. The number of primary amides is 1. The highest BCUT2D eigenvalue weighted by molar-refractivity contribution is 7.92. The molecule has 0 aromatic heterocycles. The van der Waals surface area contributed by atoms with Gasteiger partial charge in [0.1, 0.15) is 11.9 Å². The summed E-state index contributed by atoms with van der Waals surface area (Å²) in [6, 6.07) is 8.41. The summed E-state index contributed by atoms with van der Waals surface area (Å²) in [6.45, 7) is 2.85. The number of carbonyl (C=O) groups excluding carboxylic acids is 4. The Hall–Kier alpha value is -5.05. The second-order valence-electron chi connectivity index (χ2n) is 11.8. The van der Waals surface area contributed by atoms with Gasteiger partial charge < -0.3 is 30.7 Å². The predicted molar refractivity (Wildman–Crippen MR) is 174 cm³/mol. The second kappa shape index (κ2) is 14.2. The number of benzene rings is 3. The molecule has 0 spiro atoms. The number of hydrogen-bond acceptors (Lipinski definition) is 9. The average molecular weight is 699 g/mol. The van der Waals surface area contributed by atoms with Crippen LogP contribution in [0.15, 0.2) is 59.5 Å². The molecule has 3 atom stereocenters. The molecule has 12 nitrogen and oxygen atoms in total. The van der Waals surface area contributed by atoms with E-state index in [1.54, 1.807) is 6.92 Å². The minimum absolute atomic E-state index is 0.0181. The highest BCUT2D eigenvalue weighted by atomic mass is 32.2. The first kappa shape index (κ1) is 35.3. The average Bonchev–Trinajstić information content (AvgIpc) is 3.83. The summed E-state index contributed by atoms with van der Waals surface area (Å²) in [5, 5.41) is 4.80. The predicted octanol–water partition coefficient (Wildman–Crippen LogP) is 4.27. The molecule has 1 saturated carbocycles. The van der Waals surface area contributed by atoms with E-state index >= 15 is 4.39 Å². The molecule has 1 aliphatic heterocycles. The monoisotopic (exact) mass is 698 g/mol. The lowest BCUT2D eigenvalue weighted by molar-refractivity contribution is -0.149. The van der Waals surface area contributed by atoms with Gasteiger partial charge in [0.25, 0.3) is 0 Å². The van der Waals surface area contributed by atoms with Gasteiger partial charge in [0, 0.05) is 24.7 Å². The Morgan fingerprint density at radius 3 is 2.35 bits per heavy atom. The summed E-state index contributed by atoms with van der Waals surface area (Å²) in [7, 11) is -2.68. The summed E-state index contributed by atoms with van der Waals surface area (Å²) < 4.78 is 67.7. The fourth-order valence-electron chi connectivity index (χ4n) is 6.05. The summed E-state index contributed by atoms with van der Waals surface area (Å²) in [4.78, 5) is 53.3. The van der Waals surface area contributed by atoms with Crippen LogP contribution in [0.3, 0.4) is 0 Å². The van der Waals surface area contributed by atoms with E-state index in [0.717, 1.165) is 18.2 Å². The van der Waals surface area contributed by atoms with Crippen molar-refractivity contribution in [3.05, 3.63) is 82.9 Å². The maximum Gasteiger partial charge on any atom is 0.311 e. The Labute approximate surface area is 281 Å². The van der Waals surface area contributed by atoms with Crippen LogP contribution in [0.4, 0.5) is 20.2 Å². The van der Waals surface area contributed by atoms with Crippen LogP contribution in [0.1, 0.15) is 66.7 Å². The van der Waals surface area contributed by atoms with E-state index in [4.69, 9.17) is 15.2 Å². The molecule has 2 fully saturated rings. The van der Waals surface area contributed by atoms with Crippen molar-refractivity contribution in [2.75, 3.05) is 30.9 Å². The third-order valence-corrected chi connectivity index (χ3v) is 10.8. The minimum atomic E-state index is -3.91. The molecule has 2 aliphatic rings. The van der Waals surface area contributed by atoms with Crippen molar-refractivity contribution in [3.8, 4) is 5.75 Å². The van der Waals surface area contributed by atoms with Crippen LogP contribution in [-0.4, -0.2) is 62.5 Å². The first-order chi connectivity index (χ1) is 23.3. The van der Waals surface area contributed by atoms with Gasteiger partial charge in [-0.15, -0.1) is 0 Å². The Balaban J connectivity index is 1.68. The minimum Gasteiger partial charge on any atom is -0.494 e. The van der Waals surface area contributed by atoms with Gasteiger partial charge in [-0.3, -0.25) is 19.2 Å². The highest BCUT2D eigenvalue weighted by Gasteiger charge is 2.48. The molecule has 260 valence electrons. The van der Waals surface area contributed by atoms with Crippen LogP contribution < -0.4 is 21.1 Å². The lowest BCUT2D eigenvalue weighted by atomic mass is 9.92. The number of carbonyl (C=O) groups is 4. The van der Waals surface area contributed by atoms with Crippen molar-refractivity contribution in [1.29, 1.82) is 0 Å². The van der Waals surface area contributed by atoms with Gasteiger partial charge in [0.2, 0.25) is 17.7 Å². The Kier molecular flexibility index (Phi) is 10.2. The summed E-state index contributed by atoms with van der Waals surface area (Å²) in [5.41, 5.74) is 5.54. The summed E-state index contributed by atoms with van der Waals surface area (Å²) in [5.74, 6) is -5.50. The van der Waals surface area contributed by atoms with Crippen LogP contribution in [-0.2, 0) is 29.0 Å². The van der Waals surface area contributed by atoms with E-state index in [2.05, 4.69) is 10.6 Å². The van der Waals surface area contributed by atoms with Gasteiger partial charge >= 0.3 is 5.97 Å². The molecule has 3 aromatic rings. The van der Waals surface area contributed by atoms with Crippen molar-refractivity contribution < 1.29 is 45.9 Å². The fourth-order valence-corrected chi connectivity index (χ4v) is 7.93.